The van der Waals surface area contributed by atoms with E-state index >= 15 is 0 Å². The zero-order valence-electron chi connectivity index (χ0n) is 13.1. The molecule has 0 saturated heterocycles. The maximum Gasteiger partial charge on any atom is 0.241 e. The van der Waals surface area contributed by atoms with Crippen molar-refractivity contribution in [2.24, 2.45) is 0 Å². The highest BCUT2D eigenvalue weighted by molar-refractivity contribution is 9.10. The number of alkyl halides is 1. The number of benzene rings is 1. The molecule has 22 heavy (non-hydrogen) atoms. The summed E-state index contributed by atoms with van der Waals surface area (Å²) < 4.78 is 5.58. The van der Waals surface area contributed by atoms with Gasteiger partial charge in [0.15, 0.2) is 0 Å². The molecule has 2 rings (SSSR count). The fourth-order valence-corrected chi connectivity index (χ4v) is 2.93. The molecule has 1 heterocycles. The largest absolute Gasteiger partial charge is 0.481 e. The summed E-state index contributed by atoms with van der Waals surface area (Å²) in [6.45, 7) is 6.88. The Kier molecular flexibility index (Phi) is 5.68. The summed E-state index contributed by atoms with van der Waals surface area (Å²) in [6.07, 6.45) is 2.84. The number of amides is 1. The fraction of sp³-hybridized carbons (Fsp3) is 0.389. The van der Waals surface area contributed by atoms with Crippen molar-refractivity contribution in [3.8, 4) is 17.6 Å². The lowest BCUT2D eigenvalue weighted by atomic mass is 10.00. The molecule has 1 aromatic carbocycles. The highest BCUT2D eigenvalue weighted by atomic mass is 79.9. The minimum absolute atomic E-state index is 0.119. The highest BCUT2D eigenvalue weighted by Crippen LogP contribution is 2.31. The second-order valence-electron chi connectivity index (χ2n) is 5.07. The van der Waals surface area contributed by atoms with Crippen LogP contribution in [0.25, 0.3) is 5.70 Å². The van der Waals surface area contributed by atoms with Crippen molar-refractivity contribution in [1.82, 2.24) is 4.90 Å². The normalized spacial score (nSPS) is 17.6. The van der Waals surface area contributed by atoms with Crippen LogP contribution in [0.5, 0.6) is 5.75 Å². The number of nitrogens with zero attached hydrogens (tertiary/aromatic N) is 1. The molecule has 3 nitrogen and oxygen atoms in total. The number of halogens is 1. The van der Waals surface area contributed by atoms with Crippen molar-refractivity contribution < 1.29 is 9.53 Å². The first-order chi connectivity index (χ1) is 10.6. The molecule has 1 aromatic rings. The first-order valence-electron chi connectivity index (χ1n) is 7.37. The zero-order chi connectivity index (χ0) is 16.1. The number of aryl methyl sites for hydroxylation is 1. The molecule has 4 heteroatoms. The molecule has 0 aliphatic carbocycles. The van der Waals surface area contributed by atoms with Gasteiger partial charge in [-0.25, -0.2) is 0 Å². The van der Waals surface area contributed by atoms with Crippen molar-refractivity contribution in [2.75, 3.05) is 13.2 Å². The molecule has 1 amide bonds. The molecule has 1 atom stereocenters. The number of hydrogen-bond acceptors (Lipinski definition) is 2. The van der Waals surface area contributed by atoms with Gasteiger partial charge in [-0.1, -0.05) is 27.9 Å². The Labute approximate surface area is 140 Å². The monoisotopic (exact) mass is 361 g/mol. The van der Waals surface area contributed by atoms with Gasteiger partial charge in [0.1, 0.15) is 12.4 Å². The molecular formula is C18H20BrNO2. The van der Waals surface area contributed by atoms with E-state index in [4.69, 9.17) is 4.74 Å². The predicted octanol–water partition coefficient (Wildman–Crippen LogP) is 3.75. The summed E-state index contributed by atoms with van der Waals surface area (Å²) in [4.78, 5) is 14.0. The van der Waals surface area contributed by atoms with Gasteiger partial charge in [0.05, 0.1) is 4.83 Å². The minimum atomic E-state index is -0.119. The summed E-state index contributed by atoms with van der Waals surface area (Å²) >= 11 is 3.43. The van der Waals surface area contributed by atoms with Gasteiger partial charge in [-0.2, -0.15) is 0 Å². The van der Waals surface area contributed by atoms with Gasteiger partial charge in [-0.05, 0) is 51.0 Å². The Hall–Kier alpha value is -1.73. The Morgan fingerprint density at radius 1 is 1.45 bits per heavy atom. The SMILES string of the molecule is CC#CCOc1ccc(C2=CCC(Br)C(=O)N2CC)c(C)c1. The van der Waals surface area contributed by atoms with E-state index in [0.717, 1.165) is 22.6 Å². The smallest absolute Gasteiger partial charge is 0.241 e. The standard InChI is InChI=1S/C18H20BrNO2/c1-4-6-11-22-14-7-8-15(13(3)12-14)17-10-9-16(19)18(21)20(17)5-2/h7-8,10,12,16H,5,9,11H2,1-3H3. The molecule has 0 radical (unpaired) electrons. The Morgan fingerprint density at radius 3 is 2.86 bits per heavy atom. The number of rotatable bonds is 4. The molecule has 116 valence electrons. The lowest BCUT2D eigenvalue weighted by Crippen LogP contribution is -2.38. The highest BCUT2D eigenvalue weighted by Gasteiger charge is 2.28. The van der Waals surface area contributed by atoms with Gasteiger partial charge in [0.25, 0.3) is 0 Å². The summed E-state index contributed by atoms with van der Waals surface area (Å²) in [5.74, 6) is 6.61. The molecule has 0 saturated carbocycles. The lowest BCUT2D eigenvalue weighted by Gasteiger charge is -2.31. The Bertz CT molecular complexity index is 655. The van der Waals surface area contributed by atoms with E-state index in [2.05, 4.69) is 33.8 Å². The molecule has 0 N–H and O–H groups in total. The van der Waals surface area contributed by atoms with Crippen molar-refractivity contribution >= 4 is 27.5 Å². The molecular weight excluding hydrogens is 342 g/mol. The van der Waals surface area contributed by atoms with Crippen LogP contribution in [0.1, 0.15) is 31.4 Å². The summed E-state index contributed by atoms with van der Waals surface area (Å²) in [6, 6.07) is 5.94. The number of ether oxygens (including phenoxy) is 1. The van der Waals surface area contributed by atoms with E-state index in [0.29, 0.717) is 19.6 Å². The molecule has 0 fully saturated rings. The third-order valence-corrected chi connectivity index (χ3v) is 4.39. The van der Waals surface area contributed by atoms with Crippen LogP contribution >= 0.6 is 15.9 Å². The first kappa shape index (κ1) is 16.6. The number of allylic oxidation sites excluding steroid dienone is 1. The molecule has 1 unspecified atom stereocenters. The number of hydrogen-bond donors (Lipinski definition) is 0. The van der Waals surface area contributed by atoms with Crippen LogP contribution in [0, 0.1) is 18.8 Å². The Morgan fingerprint density at radius 2 is 2.23 bits per heavy atom. The average molecular weight is 362 g/mol. The van der Waals surface area contributed by atoms with Crippen LogP contribution in [0.2, 0.25) is 0 Å². The topological polar surface area (TPSA) is 29.5 Å². The first-order valence-corrected chi connectivity index (χ1v) is 8.29. The maximum absolute atomic E-state index is 12.3. The minimum Gasteiger partial charge on any atom is -0.481 e. The van der Waals surface area contributed by atoms with E-state index < -0.39 is 0 Å². The maximum atomic E-state index is 12.3. The average Bonchev–Trinajstić information content (AvgIpc) is 2.51. The van der Waals surface area contributed by atoms with E-state index in [-0.39, 0.29) is 10.7 Å². The molecule has 0 bridgehead atoms. The van der Waals surface area contributed by atoms with E-state index in [1.165, 1.54) is 0 Å². The molecule has 1 aliphatic heterocycles. The van der Waals surface area contributed by atoms with E-state index in [9.17, 15) is 4.79 Å². The molecule has 0 spiro atoms. The van der Waals surface area contributed by atoms with E-state index in [1.54, 1.807) is 6.92 Å². The summed E-state index contributed by atoms with van der Waals surface area (Å²) in [5.41, 5.74) is 3.15. The van der Waals surface area contributed by atoms with Gasteiger partial charge in [-0.3, -0.25) is 4.79 Å². The van der Waals surface area contributed by atoms with Crippen LogP contribution in [-0.2, 0) is 4.79 Å². The summed E-state index contributed by atoms with van der Waals surface area (Å²) in [5, 5.41) is 0. The third-order valence-electron chi connectivity index (χ3n) is 3.62. The van der Waals surface area contributed by atoms with E-state index in [1.807, 2.05) is 36.9 Å². The van der Waals surface area contributed by atoms with Gasteiger partial charge in [-0.15, -0.1) is 5.92 Å². The molecule has 0 aromatic heterocycles. The van der Waals surface area contributed by atoms with Gasteiger partial charge in [0, 0.05) is 17.8 Å². The molecule has 1 aliphatic rings. The van der Waals surface area contributed by atoms with Gasteiger partial charge < -0.3 is 9.64 Å². The van der Waals surface area contributed by atoms with Gasteiger partial charge >= 0.3 is 0 Å². The second kappa shape index (κ2) is 7.51. The van der Waals surface area contributed by atoms with Gasteiger partial charge in [0.2, 0.25) is 5.91 Å². The van der Waals surface area contributed by atoms with Crippen molar-refractivity contribution in [3.05, 3.63) is 35.4 Å². The Balaban J connectivity index is 2.28. The van der Waals surface area contributed by atoms with Crippen LogP contribution < -0.4 is 4.74 Å². The number of carbonyl (C=O) groups is 1. The lowest BCUT2D eigenvalue weighted by molar-refractivity contribution is -0.127. The third kappa shape index (κ3) is 3.53. The van der Waals surface area contributed by atoms with Crippen LogP contribution in [0.15, 0.2) is 24.3 Å². The summed E-state index contributed by atoms with van der Waals surface area (Å²) in [7, 11) is 0. The van der Waals surface area contributed by atoms with Crippen molar-refractivity contribution in [2.45, 2.75) is 32.0 Å². The fourth-order valence-electron chi connectivity index (χ4n) is 2.50. The predicted molar refractivity (Wildman–Crippen MR) is 92.8 cm³/mol. The van der Waals surface area contributed by atoms with Crippen LogP contribution in [0.4, 0.5) is 0 Å². The van der Waals surface area contributed by atoms with Crippen molar-refractivity contribution in [3.63, 3.8) is 0 Å². The van der Waals surface area contributed by atoms with Crippen LogP contribution in [-0.4, -0.2) is 28.8 Å². The van der Waals surface area contributed by atoms with Crippen LogP contribution in [0.3, 0.4) is 0 Å². The quantitative estimate of drug-likeness (QED) is 0.603. The van der Waals surface area contributed by atoms with Crippen molar-refractivity contribution in [1.29, 1.82) is 0 Å². The zero-order valence-corrected chi connectivity index (χ0v) is 14.7. The second-order valence-corrected chi connectivity index (χ2v) is 6.17. The number of carbonyl (C=O) groups excluding carboxylic acids is 1.